The predicted molar refractivity (Wildman–Crippen MR) is 137 cm³/mol. The number of aromatic nitrogens is 1. The number of nitrogens with zero attached hydrogens (tertiary/aromatic N) is 2. The molecule has 0 fully saturated rings. The zero-order chi connectivity index (χ0) is 24.1. The maximum absolute atomic E-state index is 12.3. The van der Waals surface area contributed by atoms with Gasteiger partial charge in [-0.15, -0.1) is 11.3 Å². The molecular formula is C25H17Cl2N3O3S. The Bertz CT molecular complexity index is 1390. The first-order valence-corrected chi connectivity index (χ1v) is 11.6. The Balaban J connectivity index is 1.49. The summed E-state index contributed by atoms with van der Waals surface area (Å²) in [6.45, 7) is -0.276. The zero-order valence-electron chi connectivity index (χ0n) is 17.8. The van der Waals surface area contributed by atoms with Crippen molar-refractivity contribution in [1.29, 1.82) is 5.26 Å². The molecule has 0 saturated heterocycles. The highest BCUT2D eigenvalue weighted by Gasteiger charge is 2.13. The van der Waals surface area contributed by atoms with Crippen LogP contribution in [0, 0.1) is 11.3 Å². The first-order chi connectivity index (χ1) is 16.5. The summed E-state index contributed by atoms with van der Waals surface area (Å²) < 4.78 is 12.1. The van der Waals surface area contributed by atoms with E-state index in [9.17, 15) is 10.1 Å². The fourth-order valence-electron chi connectivity index (χ4n) is 3.13. The van der Waals surface area contributed by atoms with Crippen molar-refractivity contribution in [3.63, 3.8) is 0 Å². The summed E-state index contributed by atoms with van der Waals surface area (Å²) in [4.78, 5) is 16.9. The standard InChI is InChI=1S/C25H17Cl2N3O3S/c1-32-21-12-15(11-16(13-28)25-29-19-7-2-3-8-22(19)34-25)9-10-20(21)33-14-23(31)30-24-17(26)5-4-6-18(24)27/h2-12H,14H2,1H3,(H,30,31)/b16-11-. The summed E-state index contributed by atoms with van der Waals surface area (Å²) in [7, 11) is 1.50. The number of anilines is 1. The van der Waals surface area contributed by atoms with Crippen LogP contribution in [-0.4, -0.2) is 24.6 Å². The smallest absolute Gasteiger partial charge is 0.262 e. The maximum Gasteiger partial charge on any atom is 0.262 e. The van der Waals surface area contributed by atoms with Gasteiger partial charge in [-0.25, -0.2) is 4.98 Å². The first kappa shape index (κ1) is 23.6. The molecule has 0 atom stereocenters. The van der Waals surface area contributed by atoms with E-state index in [0.29, 0.717) is 37.8 Å². The van der Waals surface area contributed by atoms with E-state index in [4.69, 9.17) is 32.7 Å². The number of carbonyl (C=O) groups excluding carboxylic acids is 1. The van der Waals surface area contributed by atoms with Crippen LogP contribution >= 0.6 is 34.5 Å². The van der Waals surface area contributed by atoms with Gasteiger partial charge in [0.1, 0.15) is 11.1 Å². The minimum atomic E-state index is -0.427. The number of carbonyl (C=O) groups is 1. The molecule has 1 heterocycles. The van der Waals surface area contributed by atoms with Crippen molar-refractivity contribution in [2.45, 2.75) is 0 Å². The number of fused-ring (bicyclic) bond motifs is 1. The molecule has 1 aromatic heterocycles. The number of para-hydroxylation sites is 2. The van der Waals surface area contributed by atoms with Gasteiger partial charge >= 0.3 is 0 Å². The number of hydrogen-bond donors (Lipinski definition) is 1. The monoisotopic (exact) mass is 509 g/mol. The average molecular weight is 510 g/mol. The van der Waals surface area contributed by atoms with Gasteiger partial charge in [0.25, 0.3) is 5.91 Å². The van der Waals surface area contributed by atoms with Gasteiger partial charge in [-0.3, -0.25) is 4.79 Å². The van der Waals surface area contributed by atoms with Gasteiger partial charge in [0.15, 0.2) is 18.1 Å². The van der Waals surface area contributed by atoms with Crippen LogP contribution in [0.15, 0.2) is 60.7 Å². The van der Waals surface area contributed by atoms with Crippen molar-refractivity contribution in [2.24, 2.45) is 0 Å². The maximum atomic E-state index is 12.3. The second-order valence-electron chi connectivity index (χ2n) is 7.00. The van der Waals surface area contributed by atoms with Crippen LogP contribution in [0.4, 0.5) is 5.69 Å². The molecule has 9 heteroatoms. The molecule has 6 nitrogen and oxygen atoms in total. The van der Waals surface area contributed by atoms with Crippen LogP contribution in [-0.2, 0) is 4.79 Å². The molecular weight excluding hydrogens is 493 g/mol. The van der Waals surface area contributed by atoms with Crippen molar-refractivity contribution >= 4 is 68.0 Å². The number of halogens is 2. The van der Waals surface area contributed by atoms with Gasteiger partial charge < -0.3 is 14.8 Å². The number of rotatable bonds is 7. The third-order valence-corrected chi connectivity index (χ3v) is 6.43. The highest BCUT2D eigenvalue weighted by molar-refractivity contribution is 7.19. The van der Waals surface area contributed by atoms with Crippen LogP contribution in [0.1, 0.15) is 10.6 Å². The number of amides is 1. The Hall–Kier alpha value is -3.57. The van der Waals surface area contributed by atoms with Gasteiger partial charge in [0.2, 0.25) is 0 Å². The predicted octanol–water partition coefficient (Wildman–Crippen LogP) is 6.69. The minimum absolute atomic E-state index is 0.276. The highest BCUT2D eigenvalue weighted by atomic mass is 35.5. The van der Waals surface area contributed by atoms with Crippen LogP contribution in [0.5, 0.6) is 11.5 Å². The van der Waals surface area contributed by atoms with E-state index in [2.05, 4.69) is 16.4 Å². The molecule has 0 aliphatic carbocycles. The van der Waals surface area contributed by atoms with E-state index >= 15 is 0 Å². The molecule has 4 rings (SSSR count). The lowest BCUT2D eigenvalue weighted by atomic mass is 10.1. The molecule has 34 heavy (non-hydrogen) atoms. The highest BCUT2D eigenvalue weighted by Crippen LogP contribution is 2.32. The average Bonchev–Trinajstić information content (AvgIpc) is 3.28. The number of methoxy groups -OCH3 is 1. The first-order valence-electron chi connectivity index (χ1n) is 10.0. The van der Waals surface area contributed by atoms with Gasteiger partial charge in [0, 0.05) is 0 Å². The number of thiazole rings is 1. The van der Waals surface area contributed by atoms with Gasteiger partial charge in [-0.05, 0) is 48.0 Å². The molecule has 1 N–H and O–H groups in total. The summed E-state index contributed by atoms with van der Waals surface area (Å²) in [5, 5.41) is 13.6. The summed E-state index contributed by atoms with van der Waals surface area (Å²) in [6, 6.07) is 20.1. The number of benzene rings is 3. The van der Waals surface area contributed by atoms with Crippen LogP contribution in [0.25, 0.3) is 21.9 Å². The molecule has 0 aliphatic heterocycles. The summed E-state index contributed by atoms with van der Waals surface area (Å²) in [5.74, 6) is 0.362. The van der Waals surface area contributed by atoms with Crippen molar-refractivity contribution in [3.8, 4) is 17.6 Å². The van der Waals surface area contributed by atoms with Gasteiger partial charge in [0.05, 0.1) is 38.6 Å². The molecule has 0 radical (unpaired) electrons. The molecule has 3 aromatic carbocycles. The van der Waals surface area contributed by atoms with Crippen molar-refractivity contribution in [3.05, 3.63) is 81.3 Å². The van der Waals surface area contributed by atoms with E-state index in [1.165, 1.54) is 18.4 Å². The Labute approximate surface area is 210 Å². The van der Waals surface area contributed by atoms with Crippen molar-refractivity contribution in [1.82, 2.24) is 4.98 Å². The van der Waals surface area contributed by atoms with E-state index in [1.54, 1.807) is 42.5 Å². The molecule has 0 unspecified atom stereocenters. The SMILES string of the molecule is COc1cc(/C=C(/C#N)c2nc3ccccc3s2)ccc1OCC(=O)Nc1c(Cl)cccc1Cl. The van der Waals surface area contributed by atoms with Gasteiger partial charge in [-0.1, -0.05) is 47.5 Å². The quantitative estimate of drug-likeness (QED) is 0.280. The second kappa shape index (κ2) is 10.6. The summed E-state index contributed by atoms with van der Waals surface area (Å²) in [6.07, 6.45) is 1.73. The number of hydrogen-bond acceptors (Lipinski definition) is 6. The van der Waals surface area contributed by atoms with E-state index in [0.717, 1.165) is 15.8 Å². The molecule has 0 bridgehead atoms. The Morgan fingerprint density at radius 2 is 1.88 bits per heavy atom. The lowest BCUT2D eigenvalue weighted by molar-refractivity contribution is -0.118. The number of ether oxygens (including phenoxy) is 2. The topological polar surface area (TPSA) is 84.2 Å². The lowest BCUT2D eigenvalue weighted by Gasteiger charge is -2.12. The third-order valence-electron chi connectivity index (χ3n) is 4.73. The molecule has 0 aliphatic rings. The largest absolute Gasteiger partial charge is 0.493 e. The summed E-state index contributed by atoms with van der Waals surface area (Å²) in [5.41, 5.74) is 2.34. The molecule has 4 aromatic rings. The fourth-order valence-corrected chi connectivity index (χ4v) is 4.55. The van der Waals surface area contributed by atoms with Gasteiger partial charge in [-0.2, -0.15) is 5.26 Å². The number of nitrogens with one attached hydrogen (secondary N) is 1. The number of nitriles is 1. The van der Waals surface area contributed by atoms with Crippen molar-refractivity contribution < 1.29 is 14.3 Å². The molecule has 170 valence electrons. The zero-order valence-corrected chi connectivity index (χ0v) is 20.2. The Morgan fingerprint density at radius 1 is 1.12 bits per heavy atom. The normalized spacial score (nSPS) is 11.2. The van der Waals surface area contributed by atoms with Crippen molar-refractivity contribution in [2.75, 3.05) is 19.0 Å². The minimum Gasteiger partial charge on any atom is -0.493 e. The molecule has 1 amide bonds. The van der Waals surface area contributed by atoms with E-state index in [-0.39, 0.29) is 6.61 Å². The number of allylic oxidation sites excluding steroid dienone is 1. The van der Waals surface area contributed by atoms with E-state index < -0.39 is 5.91 Å². The Kier molecular flexibility index (Phi) is 7.33. The second-order valence-corrected chi connectivity index (χ2v) is 8.85. The molecule has 0 saturated carbocycles. The summed E-state index contributed by atoms with van der Waals surface area (Å²) >= 11 is 13.6. The third kappa shape index (κ3) is 5.32. The Morgan fingerprint density at radius 3 is 2.59 bits per heavy atom. The van der Waals surface area contributed by atoms with Crippen LogP contribution in [0.2, 0.25) is 10.0 Å². The van der Waals surface area contributed by atoms with Crippen LogP contribution < -0.4 is 14.8 Å². The molecule has 0 spiro atoms. The van der Waals surface area contributed by atoms with Crippen LogP contribution in [0.3, 0.4) is 0 Å². The fraction of sp³-hybridized carbons (Fsp3) is 0.0800. The van der Waals surface area contributed by atoms with E-state index in [1.807, 2.05) is 24.3 Å². The lowest BCUT2D eigenvalue weighted by Crippen LogP contribution is -2.20.